The molecule has 4 nitrogen and oxygen atoms in total. The normalized spacial score (nSPS) is 22.6. The van der Waals surface area contributed by atoms with Crippen molar-refractivity contribution >= 4 is 24.1 Å². The minimum atomic E-state index is -1.05. The summed E-state index contributed by atoms with van der Waals surface area (Å²) in [6.07, 6.45) is 2.27. The van der Waals surface area contributed by atoms with Crippen LogP contribution in [-0.2, 0) is 0 Å². The Morgan fingerprint density at radius 2 is 2.60 bits per heavy atom. The summed E-state index contributed by atoms with van der Waals surface area (Å²) < 4.78 is 0. The molecule has 10 heavy (non-hydrogen) atoms. The maximum atomic E-state index is 10.0. The number of nitrogens with one attached hydrogen (secondary N) is 1. The lowest BCUT2D eigenvalue weighted by molar-refractivity contribution is 0.194. The largest absolute Gasteiger partial charge is 0.465 e. The van der Waals surface area contributed by atoms with Gasteiger partial charge in [-0.2, -0.15) is 0 Å². The fourth-order valence-electron chi connectivity index (χ4n) is 0.495. The van der Waals surface area contributed by atoms with Crippen molar-refractivity contribution in [3.05, 3.63) is 11.5 Å². The number of amides is 1. The fourth-order valence-corrected chi connectivity index (χ4v) is 1.11. The van der Waals surface area contributed by atoms with Crippen LogP contribution in [0.25, 0.3) is 0 Å². The number of allylic oxidation sites excluding steroid dienone is 1. The molecule has 1 unspecified atom stereocenters. The van der Waals surface area contributed by atoms with Gasteiger partial charge >= 0.3 is 6.09 Å². The number of nitrogens with zero attached hydrogens (tertiary/aromatic N) is 1. The first-order valence-electron chi connectivity index (χ1n) is 2.62. The van der Waals surface area contributed by atoms with E-state index < -0.39 is 6.09 Å². The Hall–Kier alpha value is -0.970. The van der Waals surface area contributed by atoms with E-state index >= 15 is 0 Å². The zero-order valence-electron chi connectivity index (χ0n) is 5.02. The molecular formula is C5H6N2O2S. The highest BCUT2D eigenvalue weighted by molar-refractivity contribution is 8.02. The number of thioether (sulfide) groups is 1. The third kappa shape index (κ3) is 2.10. The van der Waals surface area contributed by atoms with Crippen molar-refractivity contribution in [2.24, 2.45) is 4.99 Å². The zero-order chi connectivity index (χ0) is 7.40. The Morgan fingerprint density at radius 3 is 3.10 bits per heavy atom. The van der Waals surface area contributed by atoms with E-state index in [1.165, 1.54) is 11.8 Å². The topological polar surface area (TPSA) is 61.7 Å². The fraction of sp³-hybridized carbons (Fsp3) is 0.200. The molecule has 1 rings (SSSR count). The second kappa shape index (κ2) is 3.26. The SMILES string of the molecule is O=C(O)NC1N=CC=CS1. The number of carboxylic acid groups (broad SMARTS) is 1. The summed E-state index contributed by atoms with van der Waals surface area (Å²) in [5.41, 5.74) is -0.373. The maximum Gasteiger partial charge on any atom is 0.407 e. The second-order valence-corrected chi connectivity index (χ2v) is 2.56. The van der Waals surface area contributed by atoms with Gasteiger partial charge in [0.05, 0.1) is 0 Å². The molecule has 5 heteroatoms. The van der Waals surface area contributed by atoms with E-state index in [9.17, 15) is 4.79 Å². The van der Waals surface area contributed by atoms with Crippen LogP contribution in [0, 0.1) is 0 Å². The van der Waals surface area contributed by atoms with Crippen molar-refractivity contribution in [1.29, 1.82) is 0 Å². The summed E-state index contributed by atoms with van der Waals surface area (Å²) in [5.74, 6) is 0. The van der Waals surface area contributed by atoms with Crippen molar-refractivity contribution in [2.45, 2.75) is 5.50 Å². The van der Waals surface area contributed by atoms with Gasteiger partial charge in [-0.05, 0) is 11.5 Å². The van der Waals surface area contributed by atoms with E-state index in [-0.39, 0.29) is 5.50 Å². The molecule has 1 atom stereocenters. The Labute approximate surface area is 62.0 Å². The molecule has 54 valence electrons. The zero-order valence-corrected chi connectivity index (χ0v) is 5.84. The van der Waals surface area contributed by atoms with Gasteiger partial charge < -0.3 is 5.11 Å². The summed E-state index contributed by atoms with van der Waals surface area (Å²) in [7, 11) is 0. The molecule has 0 aromatic heterocycles. The molecule has 0 fully saturated rings. The molecule has 0 aromatic rings. The van der Waals surface area contributed by atoms with Gasteiger partial charge in [0.1, 0.15) is 0 Å². The molecule has 0 saturated heterocycles. The predicted octanol–water partition coefficient (Wildman–Crippen LogP) is 0.869. The third-order valence-electron chi connectivity index (χ3n) is 0.841. The van der Waals surface area contributed by atoms with Crippen molar-refractivity contribution in [1.82, 2.24) is 5.32 Å². The molecule has 0 bridgehead atoms. The summed E-state index contributed by atoms with van der Waals surface area (Å²) >= 11 is 1.32. The van der Waals surface area contributed by atoms with Crippen LogP contribution in [0.2, 0.25) is 0 Å². The lowest BCUT2D eigenvalue weighted by atomic mass is 10.7. The highest BCUT2D eigenvalue weighted by Crippen LogP contribution is 2.13. The first-order valence-corrected chi connectivity index (χ1v) is 3.56. The lowest BCUT2D eigenvalue weighted by Gasteiger charge is -2.10. The average molecular weight is 158 g/mol. The van der Waals surface area contributed by atoms with Crippen molar-refractivity contribution in [3.63, 3.8) is 0 Å². The maximum absolute atomic E-state index is 10.0. The monoisotopic (exact) mass is 158 g/mol. The van der Waals surface area contributed by atoms with Crippen LogP contribution >= 0.6 is 11.8 Å². The van der Waals surface area contributed by atoms with Gasteiger partial charge in [0, 0.05) is 6.21 Å². The molecule has 0 spiro atoms. The number of hydrogen-bond acceptors (Lipinski definition) is 3. The Bertz CT molecular complexity index is 190. The molecule has 1 amide bonds. The molecule has 0 saturated carbocycles. The summed E-state index contributed by atoms with van der Waals surface area (Å²) in [6.45, 7) is 0. The molecule has 0 radical (unpaired) electrons. The Balaban J connectivity index is 2.37. The van der Waals surface area contributed by atoms with Crippen molar-refractivity contribution in [2.75, 3.05) is 0 Å². The molecule has 0 aromatic carbocycles. The van der Waals surface area contributed by atoms with Gasteiger partial charge in [-0.25, -0.2) is 4.79 Å². The van der Waals surface area contributed by atoms with E-state index in [0.717, 1.165) is 0 Å². The van der Waals surface area contributed by atoms with E-state index in [2.05, 4.69) is 10.3 Å². The first kappa shape index (κ1) is 7.14. The standard InChI is InChI=1S/C5H6N2O2S/c8-5(9)7-4-6-2-1-3-10-4/h1-4,7H,(H,8,9). The first-order chi connectivity index (χ1) is 4.79. The smallest absolute Gasteiger partial charge is 0.407 e. The predicted molar refractivity (Wildman–Crippen MR) is 40.2 cm³/mol. The van der Waals surface area contributed by atoms with E-state index in [0.29, 0.717) is 0 Å². The van der Waals surface area contributed by atoms with Crippen LogP contribution < -0.4 is 5.32 Å². The molecule has 0 aliphatic carbocycles. The Morgan fingerprint density at radius 1 is 1.80 bits per heavy atom. The van der Waals surface area contributed by atoms with Gasteiger partial charge in [-0.3, -0.25) is 10.3 Å². The lowest BCUT2D eigenvalue weighted by Crippen LogP contribution is -2.29. The van der Waals surface area contributed by atoms with Crippen LogP contribution in [0.4, 0.5) is 4.79 Å². The van der Waals surface area contributed by atoms with Crippen molar-refractivity contribution in [3.8, 4) is 0 Å². The number of aliphatic imine (C=N–C) groups is 1. The second-order valence-electron chi connectivity index (χ2n) is 1.56. The molecular weight excluding hydrogens is 152 g/mol. The molecule has 1 heterocycles. The molecule has 1 aliphatic rings. The van der Waals surface area contributed by atoms with E-state index in [1.54, 1.807) is 17.7 Å². The summed E-state index contributed by atoms with van der Waals surface area (Å²) in [4.78, 5) is 13.9. The third-order valence-corrected chi connectivity index (χ3v) is 1.65. The van der Waals surface area contributed by atoms with E-state index in [1.807, 2.05) is 0 Å². The van der Waals surface area contributed by atoms with Crippen LogP contribution in [0.15, 0.2) is 16.5 Å². The number of rotatable bonds is 1. The Kier molecular flexibility index (Phi) is 2.33. The van der Waals surface area contributed by atoms with Gasteiger partial charge in [0.15, 0.2) is 5.50 Å². The van der Waals surface area contributed by atoms with Crippen molar-refractivity contribution < 1.29 is 9.90 Å². The van der Waals surface area contributed by atoms with Crippen LogP contribution in [0.1, 0.15) is 0 Å². The van der Waals surface area contributed by atoms with Crippen LogP contribution in [0.5, 0.6) is 0 Å². The highest BCUT2D eigenvalue weighted by Gasteiger charge is 2.07. The quantitative estimate of drug-likeness (QED) is 0.595. The van der Waals surface area contributed by atoms with Gasteiger partial charge in [0.2, 0.25) is 0 Å². The van der Waals surface area contributed by atoms with Crippen LogP contribution in [0.3, 0.4) is 0 Å². The molecule has 1 aliphatic heterocycles. The van der Waals surface area contributed by atoms with E-state index in [4.69, 9.17) is 5.11 Å². The average Bonchev–Trinajstić information content (AvgIpc) is 1.88. The summed E-state index contributed by atoms with van der Waals surface area (Å²) in [5, 5.41) is 12.2. The molecule has 2 N–H and O–H groups in total. The van der Waals surface area contributed by atoms with Gasteiger partial charge in [-0.15, -0.1) is 0 Å². The highest BCUT2D eigenvalue weighted by atomic mass is 32.2. The number of hydrogen-bond donors (Lipinski definition) is 2. The summed E-state index contributed by atoms with van der Waals surface area (Å²) in [6, 6.07) is 0. The van der Waals surface area contributed by atoms with Gasteiger partial charge in [-0.1, -0.05) is 11.8 Å². The minimum absolute atomic E-state index is 0.373. The minimum Gasteiger partial charge on any atom is -0.465 e. The van der Waals surface area contributed by atoms with Crippen LogP contribution in [-0.4, -0.2) is 22.9 Å². The van der Waals surface area contributed by atoms with Gasteiger partial charge in [0.25, 0.3) is 0 Å². The number of carbonyl (C=O) groups is 1.